The van der Waals surface area contributed by atoms with Gasteiger partial charge in [-0.1, -0.05) is 6.92 Å². The van der Waals surface area contributed by atoms with Crippen LogP contribution in [0.3, 0.4) is 0 Å². The van der Waals surface area contributed by atoms with E-state index in [1.165, 1.54) is 9.75 Å². The summed E-state index contributed by atoms with van der Waals surface area (Å²) in [5.41, 5.74) is 0. The van der Waals surface area contributed by atoms with Crippen molar-refractivity contribution in [3.05, 3.63) is 21.9 Å². The summed E-state index contributed by atoms with van der Waals surface area (Å²) in [6, 6.07) is 4.48. The number of hydrogen-bond donors (Lipinski definition) is 0. The summed E-state index contributed by atoms with van der Waals surface area (Å²) in [4.78, 5) is 16.0. The number of thiophene rings is 1. The molecule has 0 bridgehead atoms. The third-order valence-corrected chi connectivity index (χ3v) is 4.48. The number of carbonyl (C=O) groups is 1. The summed E-state index contributed by atoms with van der Waals surface area (Å²) < 4.78 is 0. The molecule has 2 heterocycles. The van der Waals surface area contributed by atoms with Crippen molar-refractivity contribution in [1.82, 2.24) is 4.90 Å². The first-order chi connectivity index (χ1) is 7.81. The van der Waals surface area contributed by atoms with Crippen LogP contribution in [0.4, 0.5) is 0 Å². The number of likely N-dealkylation sites (tertiary alicyclic amines) is 1. The molecule has 1 fully saturated rings. The largest absolute Gasteiger partial charge is 0.303 e. The Bertz CT molecular complexity index is 339. The van der Waals surface area contributed by atoms with Crippen LogP contribution >= 0.6 is 11.3 Å². The third-order valence-electron chi connectivity index (χ3n) is 3.27. The molecule has 1 aromatic rings. The van der Waals surface area contributed by atoms with Crippen molar-refractivity contribution in [3.8, 4) is 0 Å². The summed E-state index contributed by atoms with van der Waals surface area (Å²) >= 11 is 1.92. The molecule has 16 heavy (non-hydrogen) atoms. The molecule has 1 aliphatic heterocycles. The zero-order chi connectivity index (χ0) is 11.4. The number of aldehydes is 1. The molecule has 0 aromatic carbocycles. The maximum absolute atomic E-state index is 10.7. The Morgan fingerprint density at radius 3 is 2.62 bits per heavy atom. The lowest BCUT2D eigenvalue weighted by Gasteiger charge is -2.28. The van der Waals surface area contributed by atoms with Gasteiger partial charge in [-0.15, -0.1) is 11.3 Å². The number of piperidine rings is 1. The predicted octanol–water partition coefficient (Wildman–Crippen LogP) is 2.72. The minimum absolute atomic E-state index is 0.311. The molecule has 0 N–H and O–H groups in total. The number of rotatable bonds is 4. The molecule has 3 heteroatoms. The van der Waals surface area contributed by atoms with Crippen LogP contribution in [0.5, 0.6) is 0 Å². The number of nitrogens with zero attached hydrogens (tertiary/aromatic N) is 1. The van der Waals surface area contributed by atoms with E-state index in [2.05, 4.69) is 24.0 Å². The second-order valence-corrected chi connectivity index (χ2v) is 5.72. The topological polar surface area (TPSA) is 20.3 Å². The molecule has 88 valence electrons. The predicted molar refractivity (Wildman–Crippen MR) is 67.8 cm³/mol. The standard InChI is InChI=1S/C13H19NOS/c1-2-12-3-4-13(16-12)9-14-7-5-11(10-15)6-8-14/h3-4,10-11H,2,5-9H2,1H3. The highest BCUT2D eigenvalue weighted by Crippen LogP contribution is 2.22. The van der Waals surface area contributed by atoms with Crippen molar-refractivity contribution in [2.24, 2.45) is 5.92 Å². The molecule has 0 spiro atoms. The maximum Gasteiger partial charge on any atom is 0.123 e. The van der Waals surface area contributed by atoms with Gasteiger partial charge < -0.3 is 4.79 Å². The fourth-order valence-corrected chi connectivity index (χ4v) is 3.17. The molecule has 2 rings (SSSR count). The molecule has 0 atom stereocenters. The third kappa shape index (κ3) is 2.92. The average molecular weight is 237 g/mol. The van der Waals surface area contributed by atoms with Gasteiger partial charge in [0.05, 0.1) is 0 Å². The van der Waals surface area contributed by atoms with E-state index in [9.17, 15) is 4.79 Å². The van der Waals surface area contributed by atoms with E-state index in [0.717, 1.165) is 45.2 Å². The first kappa shape index (κ1) is 11.8. The minimum atomic E-state index is 0.311. The van der Waals surface area contributed by atoms with E-state index in [1.807, 2.05) is 11.3 Å². The van der Waals surface area contributed by atoms with Gasteiger partial charge in [0.15, 0.2) is 0 Å². The Morgan fingerprint density at radius 1 is 1.38 bits per heavy atom. The van der Waals surface area contributed by atoms with Gasteiger partial charge in [-0.2, -0.15) is 0 Å². The Morgan fingerprint density at radius 2 is 2.06 bits per heavy atom. The highest BCUT2D eigenvalue weighted by Gasteiger charge is 2.18. The number of carbonyl (C=O) groups excluding carboxylic acids is 1. The van der Waals surface area contributed by atoms with Crippen molar-refractivity contribution in [2.75, 3.05) is 13.1 Å². The van der Waals surface area contributed by atoms with Crippen molar-refractivity contribution < 1.29 is 4.79 Å². The first-order valence-electron chi connectivity index (χ1n) is 6.07. The fraction of sp³-hybridized carbons (Fsp3) is 0.615. The highest BCUT2D eigenvalue weighted by atomic mass is 32.1. The van der Waals surface area contributed by atoms with E-state index < -0.39 is 0 Å². The number of aryl methyl sites for hydroxylation is 1. The quantitative estimate of drug-likeness (QED) is 0.750. The molecule has 0 aliphatic carbocycles. The Hall–Kier alpha value is -0.670. The van der Waals surface area contributed by atoms with Crippen LogP contribution in [0, 0.1) is 5.92 Å². The summed E-state index contributed by atoms with van der Waals surface area (Å²) in [6.07, 6.45) is 4.33. The second kappa shape index (κ2) is 5.60. The van der Waals surface area contributed by atoms with E-state index in [1.54, 1.807) is 0 Å². The zero-order valence-electron chi connectivity index (χ0n) is 9.82. The molecule has 1 saturated heterocycles. The van der Waals surface area contributed by atoms with E-state index in [0.29, 0.717) is 5.92 Å². The van der Waals surface area contributed by atoms with Crippen LogP contribution in [0.1, 0.15) is 29.5 Å². The van der Waals surface area contributed by atoms with Gasteiger partial charge in [0.25, 0.3) is 0 Å². The molecule has 2 nitrogen and oxygen atoms in total. The highest BCUT2D eigenvalue weighted by molar-refractivity contribution is 7.11. The van der Waals surface area contributed by atoms with Crippen LogP contribution in [0.15, 0.2) is 12.1 Å². The summed E-state index contributed by atoms with van der Waals surface area (Å²) in [5.74, 6) is 0.311. The number of hydrogen-bond acceptors (Lipinski definition) is 3. The molecular formula is C13H19NOS. The SMILES string of the molecule is CCc1ccc(CN2CCC(C=O)CC2)s1. The molecule has 1 aliphatic rings. The van der Waals surface area contributed by atoms with E-state index >= 15 is 0 Å². The summed E-state index contributed by atoms with van der Waals surface area (Å²) in [6.45, 7) is 5.41. The first-order valence-corrected chi connectivity index (χ1v) is 6.88. The van der Waals surface area contributed by atoms with Gasteiger partial charge in [0.1, 0.15) is 6.29 Å². The van der Waals surface area contributed by atoms with Crippen LogP contribution in [0.25, 0.3) is 0 Å². The molecule has 1 aromatic heterocycles. The van der Waals surface area contributed by atoms with E-state index in [-0.39, 0.29) is 0 Å². The van der Waals surface area contributed by atoms with Gasteiger partial charge in [-0.3, -0.25) is 4.90 Å². The van der Waals surface area contributed by atoms with Crippen molar-refractivity contribution >= 4 is 17.6 Å². The van der Waals surface area contributed by atoms with Crippen LogP contribution in [-0.4, -0.2) is 24.3 Å². The lowest BCUT2D eigenvalue weighted by atomic mass is 9.99. The van der Waals surface area contributed by atoms with Crippen LogP contribution in [-0.2, 0) is 17.8 Å². The summed E-state index contributed by atoms with van der Waals surface area (Å²) in [7, 11) is 0. The van der Waals surface area contributed by atoms with Crippen LogP contribution in [0.2, 0.25) is 0 Å². The molecule has 0 saturated carbocycles. The van der Waals surface area contributed by atoms with Crippen molar-refractivity contribution in [3.63, 3.8) is 0 Å². The normalized spacial score (nSPS) is 18.8. The van der Waals surface area contributed by atoms with Gasteiger partial charge >= 0.3 is 0 Å². The lowest BCUT2D eigenvalue weighted by Crippen LogP contribution is -2.33. The summed E-state index contributed by atoms with van der Waals surface area (Å²) in [5, 5.41) is 0. The second-order valence-electron chi connectivity index (χ2n) is 4.47. The Balaban J connectivity index is 1.84. The lowest BCUT2D eigenvalue weighted by molar-refractivity contribution is -0.112. The van der Waals surface area contributed by atoms with Gasteiger partial charge in [0, 0.05) is 22.2 Å². The molecular weight excluding hydrogens is 218 g/mol. The molecule has 0 amide bonds. The Kier molecular flexibility index (Phi) is 4.13. The fourth-order valence-electron chi connectivity index (χ4n) is 2.16. The minimum Gasteiger partial charge on any atom is -0.303 e. The average Bonchev–Trinajstić information content (AvgIpc) is 2.78. The van der Waals surface area contributed by atoms with Gasteiger partial charge in [0.2, 0.25) is 0 Å². The van der Waals surface area contributed by atoms with Crippen LogP contribution < -0.4 is 0 Å². The van der Waals surface area contributed by atoms with Gasteiger partial charge in [-0.05, 0) is 44.5 Å². The van der Waals surface area contributed by atoms with Crippen molar-refractivity contribution in [1.29, 1.82) is 0 Å². The monoisotopic (exact) mass is 237 g/mol. The maximum atomic E-state index is 10.7. The van der Waals surface area contributed by atoms with E-state index in [4.69, 9.17) is 0 Å². The molecule has 0 unspecified atom stereocenters. The van der Waals surface area contributed by atoms with Gasteiger partial charge in [-0.25, -0.2) is 0 Å². The smallest absolute Gasteiger partial charge is 0.123 e. The Labute approximate surface area is 101 Å². The van der Waals surface area contributed by atoms with Crippen molar-refractivity contribution in [2.45, 2.75) is 32.7 Å². The molecule has 0 radical (unpaired) electrons. The zero-order valence-corrected chi connectivity index (χ0v) is 10.6.